The maximum Gasteiger partial charge on any atom is 0.0987 e. The van der Waals surface area contributed by atoms with Gasteiger partial charge in [-0.25, -0.2) is 0 Å². The van der Waals surface area contributed by atoms with Crippen molar-refractivity contribution in [1.29, 1.82) is 0 Å². The van der Waals surface area contributed by atoms with Gasteiger partial charge in [-0.1, -0.05) is 32.0 Å². The van der Waals surface area contributed by atoms with Crippen LogP contribution in [0, 0.1) is 0 Å². The molecule has 2 aromatic rings. The lowest BCUT2D eigenvalue weighted by molar-refractivity contribution is -0.0140. The zero-order valence-electron chi connectivity index (χ0n) is 12.2. The molecule has 0 aliphatic heterocycles. The van der Waals surface area contributed by atoms with Crippen molar-refractivity contribution in [3.8, 4) is 0 Å². The summed E-state index contributed by atoms with van der Waals surface area (Å²) in [5, 5.41) is 14.3. The second-order valence-corrected chi connectivity index (χ2v) is 6.21. The van der Waals surface area contributed by atoms with Gasteiger partial charge in [-0.2, -0.15) is 0 Å². The van der Waals surface area contributed by atoms with Gasteiger partial charge in [-0.3, -0.25) is 0 Å². The minimum Gasteiger partial charge on any atom is -0.386 e. The maximum absolute atomic E-state index is 11.0. The smallest absolute Gasteiger partial charge is 0.0987 e. The summed E-state index contributed by atoms with van der Waals surface area (Å²) in [6.45, 7) is 4.31. The molecule has 0 aliphatic carbocycles. The van der Waals surface area contributed by atoms with E-state index in [2.05, 4.69) is 56.4 Å². The lowest BCUT2D eigenvalue weighted by Gasteiger charge is -2.43. The largest absolute Gasteiger partial charge is 0.386 e. The number of fused-ring (bicyclic) bond motifs is 1. The van der Waals surface area contributed by atoms with Gasteiger partial charge < -0.3 is 10.0 Å². The molecule has 19 heavy (non-hydrogen) atoms. The third-order valence-corrected chi connectivity index (χ3v) is 5.41. The van der Waals surface area contributed by atoms with Crippen LogP contribution in [0.5, 0.6) is 0 Å². The van der Waals surface area contributed by atoms with Crippen LogP contribution in [-0.2, 0) is 0 Å². The highest BCUT2D eigenvalue weighted by Crippen LogP contribution is 2.39. The SMILES string of the molecule is CCC(CC)(C(O)c1cccc2ccsc12)N(C)C. The third kappa shape index (κ3) is 2.31. The van der Waals surface area contributed by atoms with Crippen molar-refractivity contribution in [3.05, 3.63) is 35.2 Å². The number of benzene rings is 1. The average Bonchev–Trinajstić information content (AvgIpc) is 2.88. The van der Waals surface area contributed by atoms with Gasteiger partial charge in [0.05, 0.1) is 11.6 Å². The van der Waals surface area contributed by atoms with Crippen molar-refractivity contribution < 1.29 is 5.11 Å². The average molecular weight is 277 g/mol. The van der Waals surface area contributed by atoms with Crippen LogP contribution in [0.3, 0.4) is 0 Å². The van der Waals surface area contributed by atoms with Crippen LogP contribution in [0.15, 0.2) is 29.6 Å². The van der Waals surface area contributed by atoms with Crippen LogP contribution >= 0.6 is 11.3 Å². The Labute approximate surface area is 119 Å². The molecule has 1 atom stereocenters. The molecule has 0 fully saturated rings. The highest BCUT2D eigenvalue weighted by atomic mass is 32.1. The monoisotopic (exact) mass is 277 g/mol. The Bertz CT molecular complexity index is 542. The molecule has 2 rings (SSSR count). The van der Waals surface area contributed by atoms with Gasteiger partial charge in [0.15, 0.2) is 0 Å². The van der Waals surface area contributed by atoms with Gasteiger partial charge in [0.25, 0.3) is 0 Å². The Hall–Kier alpha value is -0.900. The number of rotatable bonds is 5. The molecule has 104 valence electrons. The summed E-state index contributed by atoms with van der Waals surface area (Å²) >= 11 is 1.71. The summed E-state index contributed by atoms with van der Waals surface area (Å²) in [5.41, 5.74) is 0.864. The number of hydrogen-bond acceptors (Lipinski definition) is 3. The minimum atomic E-state index is -0.458. The van der Waals surface area contributed by atoms with E-state index in [1.54, 1.807) is 11.3 Å². The van der Waals surface area contributed by atoms with E-state index < -0.39 is 6.10 Å². The number of thiophene rings is 1. The van der Waals surface area contributed by atoms with Crippen LogP contribution in [0.25, 0.3) is 10.1 Å². The molecular formula is C16H23NOS. The zero-order valence-corrected chi connectivity index (χ0v) is 13.0. The van der Waals surface area contributed by atoms with E-state index >= 15 is 0 Å². The quantitative estimate of drug-likeness (QED) is 0.891. The summed E-state index contributed by atoms with van der Waals surface area (Å²) in [5.74, 6) is 0. The molecule has 0 amide bonds. The summed E-state index contributed by atoms with van der Waals surface area (Å²) in [6.07, 6.45) is 1.40. The molecule has 1 N–H and O–H groups in total. The Morgan fingerprint density at radius 2 is 1.89 bits per heavy atom. The number of nitrogens with zero attached hydrogens (tertiary/aromatic N) is 1. The van der Waals surface area contributed by atoms with E-state index in [4.69, 9.17) is 0 Å². The second-order valence-electron chi connectivity index (χ2n) is 5.29. The summed E-state index contributed by atoms with van der Waals surface area (Å²) in [7, 11) is 4.12. The molecule has 0 saturated carbocycles. The van der Waals surface area contributed by atoms with E-state index in [1.807, 2.05) is 6.07 Å². The first kappa shape index (κ1) is 14.5. The van der Waals surface area contributed by atoms with Crippen molar-refractivity contribution in [2.75, 3.05) is 14.1 Å². The second kappa shape index (κ2) is 5.61. The molecule has 1 heterocycles. The van der Waals surface area contributed by atoms with Crippen LogP contribution < -0.4 is 0 Å². The highest BCUT2D eigenvalue weighted by Gasteiger charge is 2.38. The predicted octanol–water partition coefficient (Wildman–Crippen LogP) is 4.06. The van der Waals surface area contributed by atoms with E-state index in [0.717, 1.165) is 18.4 Å². The van der Waals surface area contributed by atoms with E-state index in [9.17, 15) is 5.11 Å². The topological polar surface area (TPSA) is 23.5 Å². The van der Waals surface area contributed by atoms with Crippen molar-refractivity contribution in [2.45, 2.75) is 38.3 Å². The fraction of sp³-hybridized carbons (Fsp3) is 0.500. The Balaban J connectivity index is 2.53. The summed E-state index contributed by atoms with van der Waals surface area (Å²) < 4.78 is 1.21. The molecule has 1 unspecified atom stereocenters. The van der Waals surface area contributed by atoms with Gasteiger partial charge in [-0.05, 0) is 43.8 Å². The van der Waals surface area contributed by atoms with Crippen LogP contribution in [0.1, 0.15) is 38.4 Å². The minimum absolute atomic E-state index is 0.196. The molecule has 0 bridgehead atoms. The summed E-state index contributed by atoms with van der Waals surface area (Å²) in [4.78, 5) is 2.17. The van der Waals surface area contributed by atoms with E-state index in [-0.39, 0.29) is 5.54 Å². The molecule has 0 radical (unpaired) electrons. The molecule has 0 saturated heterocycles. The number of hydrogen-bond donors (Lipinski definition) is 1. The Kier molecular flexibility index (Phi) is 4.29. The van der Waals surface area contributed by atoms with Crippen LogP contribution in [-0.4, -0.2) is 29.6 Å². The van der Waals surface area contributed by atoms with E-state index in [0.29, 0.717) is 0 Å². The van der Waals surface area contributed by atoms with Crippen molar-refractivity contribution in [1.82, 2.24) is 4.90 Å². The van der Waals surface area contributed by atoms with E-state index in [1.165, 1.54) is 10.1 Å². The molecule has 1 aromatic heterocycles. The molecule has 0 aliphatic rings. The molecule has 3 heteroatoms. The molecule has 0 spiro atoms. The van der Waals surface area contributed by atoms with Gasteiger partial charge in [0.2, 0.25) is 0 Å². The van der Waals surface area contributed by atoms with Crippen LogP contribution in [0.2, 0.25) is 0 Å². The predicted molar refractivity (Wildman–Crippen MR) is 83.8 cm³/mol. The number of likely N-dealkylation sites (N-methyl/N-ethyl adjacent to an activating group) is 1. The number of aliphatic hydroxyl groups excluding tert-OH is 1. The first-order valence-corrected chi connectivity index (χ1v) is 7.76. The number of aliphatic hydroxyl groups is 1. The maximum atomic E-state index is 11.0. The summed E-state index contributed by atoms with van der Waals surface area (Å²) in [6, 6.07) is 8.33. The zero-order chi connectivity index (χ0) is 14.0. The fourth-order valence-corrected chi connectivity index (χ4v) is 3.97. The van der Waals surface area contributed by atoms with Crippen molar-refractivity contribution in [2.24, 2.45) is 0 Å². The Morgan fingerprint density at radius 3 is 2.47 bits per heavy atom. The lowest BCUT2D eigenvalue weighted by atomic mass is 9.81. The fourth-order valence-electron chi connectivity index (χ4n) is 3.03. The Morgan fingerprint density at radius 1 is 1.21 bits per heavy atom. The first-order chi connectivity index (χ1) is 9.06. The first-order valence-electron chi connectivity index (χ1n) is 6.88. The van der Waals surface area contributed by atoms with Gasteiger partial charge >= 0.3 is 0 Å². The molecular weight excluding hydrogens is 254 g/mol. The third-order valence-electron chi connectivity index (χ3n) is 4.43. The van der Waals surface area contributed by atoms with Crippen molar-refractivity contribution in [3.63, 3.8) is 0 Å². The van der Waals surface area contributed by atoms with Gasteiger partial charge in [-0.15, -0.1) is 11.3 Å². The van der Waals surface area contributed by atoms with Crippen LogP contribution in [0.4, 0.5) is 0 Å². The van der Waals surface area contributed by atoms with Crippen molar-refractivity contribution >= 4 is 21.4 Å². The lowest BCUT2D eigenvalue weighted by Crippen LogP contribution is -2.48. The normalized spacial score (nSPS) is 14.2. The van der Waals surface area contributed by atoms with Gasteiger partial charge in [0.1, 0.15) is 0 Å². The van der Waals surface area contributed by atoms with Gasteiger partial charge in [0, 0.05) is 10.3 Å². The molecule has 1 aromatic carbocycles. The molecule has 2 nitrogen and oxygen atoms in total. The standard InChI is InChI=1S/C16H23NOS/c1-5-16(6-2,17(3)4)15(18)13-9-7-8-12-10-11-19-14(12)13/h7-11,15,18H,5-6H2,1-4H3. The highest BCUT2D eigenvalue weighted by molar-refractivity contribution is 7.17.